The summed E-state index contributed by atoms with van der Waals surface area (Å²) in [5.41, 5.74) is 0. The molecule has 1 rings (SSSR count). The first kappa shape index (κ1) is 29.1. The van der Waals surface area contributed by atoms with Crippen LogP contribution in [-0.2, 0) is 23.9 Å². The van der Waals surface area contributed by atoms with Crippen molar-refractivity contribution >= 4 is 17.8 Å². The number of carbonyl (C=O) groups is 3. The minimum atomic E-state index is -1.07. The third-order valence-corrected chi connectivity index (χ3v) is 5.78. The summed E-state index contributed by atoms with van der Waals surface area (Å²) in [4.78, 5) is 34.6. The second-order valence-corrected chi connectivity index (χ2v) is 8.96. The van der Waals surface area contributed by atoms with Gasteiger partial charge in [-0.25, -0.2) is 4.79 Å². The van der Waals surface area contributed by atoms with Gasteiger partial charge in [-0.1, -0.05) is 70.4 Å². The van der Waals surface area contributed by atoms with E-state index in [0.29, 0.717) is 19.3 Å². The molecule has 2 atom stereocenters. The Morgan fingerprint density at radius 2 is 1.52 bits per heavy atom. The molecule has 2 N–H and O–H groups in total. The predicted octanol–water partition coefficient (Wildman–Crippen LogP) is 4.75. The molecule has 1 unspecified atom stereocenters. The summed E-state index contributed by atoms with van der Waals surface area (Å²) in [6.45, 7) is 1.79. The van der Waals surface area contributed by atoms with Gasteiger partial charge in [0.25, 0.3) is 0 Å². The highest BCUT2D eigenvalue weighted by molar-refractivity contribution is 5.88. The number of aliphatic hydroxyl groups excluding tert-OH is 1. The van der Waals surface area contributed by atoms with Crippen molar-refractivity contribution in [1.29, 1.82) is 0 Å². The molecule has 1 aliphatic rings. The van der Waals surface area contributed by atoms with Gasteiger partial charge in [-0.2, -0.15) is 0 Å². The maximum Gasteiger partial charge on any atom is 0.328 e. The zero-order valence-corrected chi connectivity index (χ0v) is 20.5. The molecule has 0 spiro atoms. The monoisotopic (exact) mass is 467 g/mol. The van der Waals surface area contributed by atoms with E-state index in [1.165, 1.54) is 57.8 Å². The van der Waals surface area contributed by atoms with Crippen LogP contribution in [0, 0.1) is 0 Å². The van der Waals surface area contributed by atoms with E-state index in [2.05, 4.69) is 24.4 Å². The Labute approximate surface area is 199 Å². The van der Waals surface area contributed by atoms with Crippen LogP contribution < -0.4 is 5.32 Å². The number of allylic oxidation sites excluding steroid dienone is 2. The highest BCUT2D eigenvalue weighted by Gasteiger charge is 2.28. The van der Waals surface area contributed by atoms with Crippen LogP contribution in [0.1, 0.15) is 110 Å². The molecule has 0 aromatic carbocycles. The normalized spacial score (nSPS) is 16.7. The lowest BCUT2D eigenvalue weighted by atomic mass is 10.1. The van der Waals surface area contributed by atoms with Gasteiger partial charge < -0.3 is 19.9 Å². The molecule has 0 aromatic heterocycles. The first-order chi connectivity index (χ1) is 16.0. The zero-order valence-electron chi connectivity index (χ0n) is 20.5. The van der Waals surface area contributed by atoms with Crippen molar-refractivity contribution in [3.05, 3.63) is 12.2 Å². The summed E-state index contributed by atoms with van der Waals surface area (Å²) >= 11 is 0. The number of rotatable bonds is 20. The molecule has 1 aliphatic heterocycles. The third-order valence-electron chi connectivity index (χ3n) is 5.78. The van der Waals surface area contributed by atoms with Gasteiger partial charge in [0.15, 0.2) is 0 Å². The number of ether oxygens (including phenoxy) is 2. The Morgan fingerprint density at radius 3 is 2.12 bits per heavy atom. The van der Waals surface area contributed by atoms with Crippen LogP contribution in [0.5, 0.6) is 0 Å². The minimum absolute atomic E-state index is 0.179. The third kappa shape index (κ3) is 16.4. The standard InChI is InChI=1S/C26H45NO6/c1-2-3-4-5-6-7-8-9-10-11-12-13-14-15-16-17-25(30)32-20-22(28)21-33-26(31)23-18-19-24(29)27-23/h9-10,22-23,28H,2-8,11-21H2,1H3,(H,27,29)/b10-9-/t22?,23-/m0/s1. The number of hydrogen-bond acceptors (Lipinski definition) is 6. The van der Waals surface area contributed by atoms with Gasteiger partial charge in [-0.05, 0) is 38.5 Å². The topological polar surface area (TPSA) is 102 Å². The summed E-state index contributed by atoms with van der Waals surface area (Å²) in [5, 5.41) is 12.3. The van der Waals surface area contributed by atoms with Crippen LogP contribution in [0.15, 0.2) is 12.2 Å². The van der Waals surface area contributed by atoms with Crippen molar-refractivity contribution in [3.8, 4) is 0 Å². The number of unbranched alkanes of at least 4 members (excludes halogenated alkanes) is 11. The summed E-state index contributed by atoms with van der Waals surface area (Å²) in [6, 6.07) is -0.645. The van der Waals surface area contributed by atoms with E-state index < -0.39 is 18.1 Å². The zero-order chi connectivity index (χ0) is 24.2. The highest BCUT2D eigenvalue weighted by atomic mass is 16.6. The largest absolute Gasteiger partial charge is 0.463 e. The van der Waals surface area contributed by atoms with Crippen molar-refractivity contribution in [1.82, 2.24) is 5.32 Å². The fourth-order valence-corrected chi connectivity index (χ4v) is 3.72. The number of nitrogens with one attached hydrogen (secondary N) is 1. The lowest BCUT2D eigenvalue weighted by molar-refractivity contribution is -0.154. The Morgan fingerprint density at radius 1 is 0.939 bits per heavy atom. The van der Waals surface area contributed by atoms with Gasteiger partial charge in [0.05, 0.1) is 0 Å². The van der Waals surface area contributed by atoms with Gasteiger partial charge in [0, 0.05) is 12.8 Å². The van der Waals surface area contributed by atoms with Gasteiger partial charge in [-0.3, -0.25) is 9.59 Å². The second-order valence-electron chi connectivity index (χ2n) is 8.96. The molecule has 190 valence electrons. The molecule has 0 aliphatic carbocycles. The first-order valence-corrected chi connectivity index (χ1v) is 13.0. The smallest absolute Gasteiger partial charge is 0.328 e. The van der Waals surface area contributed by atoms with Crippen molar-refractivity contribution < 1.29 is 29.0 Å². The lowest BCUT2D eigenvalue weighted by Gasteiger charge is -2.14. The summed E-state index contributed by atoms with van der Waals surface area (Å²) in [5.74, 6) is -1.09. The molecule has 1 saturated heterocycles. The molecule has 1 amide bonds. The van der Waals surface area contributed by atoms with E-state index in [1.807, 2.05) is 0 Å². The molecular formula is C26H45NO6. The second kappa shape index (κ2) is 19.6. The average molecular weight is 468 g/mol. The number of carbonyl (C=O) groups excluding carboxylic acids is 3. The van der Waals surface area contributed by atoms with Crippen LogP contribution in [0.25, 0.3) is 0 Å². The summed E-state index contributed by atoms with van der Waals surface area (Å²) < 4.78 is 10.00. The number of amides is 1. The maximum absolute atomic E-state index is 11.8. The lowest BCUT2D eigenvalue weighted by Crippen LogP contribution is -2.36. The molecule has 0 aromatic rings. The van der Waals surface area contributed by atoms with E-state index in [-0.39, 0.29) is 25.1 Å². The van der Waals surface area contributed by atoms with E-state index in [4.69, 9.17) is 9.47 Å². The number of hydrogen-bond donors (Lipinski definition) is 2. The minimum Gasteiger partial charge on any atom is -0.463 e. The van der Waals surface area contributed by atoms with Crippen LogP contribution in [0.4, 0.5) is 0 Å². The van der Waals surface area contributed by atoms with Gasteiger partial charge >= 0.3 is 11.9 Å². The molecule has 1 fully saturated rings. The molecular weight excluding hydrogens is 422 g/mol. The van der Waals surface area contributed by atoms with Crippen LogP contribution in [0.3, 0.4) is 0 Å². The first-order valence-electron chi connectivity index (χ1n) is 13.0. The van der Waals surface area contributed by atoms with Crippen molar-refractivity contribution in [2.75, 3.05) is 13.2 Å². The van der Waals surface area contributed by atoms with E-state index in [9.17, 15) is 19.5 Å². The Hall–Kier alpha value is -1.89. The van der Waals surface area contributed by atoms with Crippen molar-refractivity contribution in [2.45, 2.75) is 122 Å². The summed E-state index contributed by atoms with van der Waals surface area (Å²) in [7, 11) is 0. The molecule has 1 heterocycles. The molecule has 0 saturated carbocycles. The van der Waals surface area contributed by atoms with Crippen molar-refractivity contribution in [2.24, 2.45) is 0 Å². The quantitative estimate of drug-likeness (QED) is 0.152. The van der Waals surface area contributed by atoms with Crippen LogP contribution >= 0.6 is 0 Å². The number of aliphatic hydroxyl groups is 1. The maximum atomic E-state index is 11.8. The van der Waals surface area contributed by atoms with Gasteiger partial charge in [0.2, 0.25) is 5.91 Å². The molecule has 33 heavy (non-hydrogen) atoms. The predicted molar refractivity (Wildman–Crippen MR) is 129 cm³/mol. The van der Waals surface area contributed by atoms with E-state index >= 15 is 0 Å². The van der Waals surface area contributed by atoms with Crippen LogP contribution in [-0.4, -0.2) is 48.3 Å². The van der Waals surface area contributed by atoms with Crippen molar-refractivity contribution in [3.63, 3.8) is 0 Å². The van der Waals surface area contributed by atoms with E-state index in [1.54, 1.807) is 0 Å². The SMILES string of the molecule is CCCCCCCC/C=C\CCCCCCCC(=O)OCC(O)COC(=O)[C@@H]1CCC(=O)N1. The Balaban J connectivity index is 1.87. The Kier molecular flexibility index (Phi) is 17.3. The molecule has 7 heteroatoms. The summed E-state index contributed by atoms with van der Waals surface area (Å²) in [6.07, 6.45) is 20.2. The van der Waals surface area contributed by atoms with E-state index in [0.717, 1.165) is 25.7 Å². The van der Waals surface area contributed by atoms with Gasteiger partial charge in [-0.15, -0.1) is 0 Å². The highest BCUT2D eigenvalue weighted by Crippen LogP contribution is 2.11. The van der Waals surface area contributed by atoms with Gasteiger partial charge in [0.1, 0.15) is 25.4 Å². The Bertz CT molecular complexity index is 577. The average Bonchev–Trinajstić information content (AvgIpc) is 3.25. The fourth-order valence-electron chi connectivity index (χ4n) is 3.72. The number of esters is 2. The molecule has 0 bridgehead atoms. The fraction of sp³-hybridized carbons (Fsp3) is 0.808. The molecule has 7 nitrogen and oxygen atoms in total. The molecule has 0 radical (unpaired) electrons. The van der Waals surface area contributed by atoms with Crippen LogP contribution in [0.2, 0.25) is 0 Å².